The molecule has 0 aliphatic carbocycles. The Morgan fingerprint density at radius 2 is 1.83 bits per heavy atom. The molecule has 0 saturated carbocycles. The topological polar surface area (TPSA) is 60.5 Å². The van der Waals surface area contributed by atoms with Gasteiger partial charge in [-0.3, -0.25) is 9.78 Å². The van der Waals surface area contributed by atoms with Crippen LogP contribution >= 0.6 is 0 Å². The van der Waals surface area contributed by atoms with Gasteiger partial charge in [0, 0.05) is 18.8 Å². The highest BCUT2D eigenvalue weighted by atomic mass is 16.5. The Morgan fingerprint density at radius 1 is 1.13 bits per heavy atom. The van der Waals surface area contributed by atoms with Crippen LogP contribution in [0.4, 0.5) is 0 Å². The number of aryl methyl sites for hydroxylation is 1. The number of carbonyl (C=O) groups is 1. The zero-order chi connectivity index (χ0) is 16.7. The molecule has 2 aromatic rings. The monoisotopic (exact) mass is 314 g/mol. The lowest BCUT2D eigenvalue weighted by Crippen LogP contribution is -2.26. The van der Waals surface area contributed by atoms with Crippen LogP contribution in [0.1, 0.15) is 30.5 Å². The smallest absolute Gasteiger partial charge is 0.220 e. The van der Waals surface area contributed by atoms with E-state index in [4.69, 9.17) is 9.47 Å². The standard InChI is InChI=1S/C18H22N2O3/c1-13(15-8-10-19-11-9-15)20-18(21)7-5-14-4-6-16(22-2)17(12-14)23-3/h4,6,8-13H,5,7H2,1-3H3,(H,20,21)/t13-/m1/s1. The number of carbonyl (C=O) groups excluding carboxylic acids is 1. The maximum absolute atomic E-state index is 12.1. The molecule has 5 heteroatoms. The van der Waals surface area contributed by atoms with Crippen LogP contribution in [0.15, 0.2) is 42.7 Å². The molecular formula is C18H22N2O3. The first-order valence-electron chi connectivity index (χ1n) is 7.54. The van der Waals surface area contributed by atoms with Crippen molar-refractivity contribution in [1.82, 2.24) is 10.3 Å². The van der Waals surface area contributed by atoms with E-state index in [2.05, 4.69) is 10.3 Å². The quantitative estimate of drug-likeness (QED) is 0.853. The first kappa shape index (κ1) is 16.8. The van der Waals surface area contributed by atoms with Crippen LogP contribution in [0.5, 0.6) is 11.5 Å². The third-order valence-electron chi connectivity index (χ3n) is 3.67. The van der Waals surface area contributed by atoms with Crippen molar-refractivity contribution in [3.05, 3.63) is 53.9 Å². The number of aromatic nitrogens is 1. The van der Waals surface area contributed by atoms with Gasteiger partial charge in [0.05, 0.1) is 20.3 Å². The molecule has 0 bridgehead atoms. The number of nitrogens with zero attached hydrogens (tertiary/aromatic N) is 1. The van der Waals surface area contributed by atoms with E-state index in [9.17, 15) is 4.79 Å². The number of hydrogen-bond acceptors (Lipinski definition) is 4. The molecule has 1 aromatic heterocycles. The molecule has 0 aliphatic heterocycles. The Labute approximate surface area is 136 Å². The maximum atomic E-state index is 12.1. The Kier molecular flexibility index (Phi) is 5.97. The molecule has 0 saturated heterocycles. The molecule has 0 unspecified atom stereocenters. The largest absolute Gasteiger partial charge is 0.493 e. The molecule has 1 N–H and O–H groups in total. The molecule has 1 aromatic carbocycles. The summed E-state index contributed by atoms with van der Waals surface area (Å²) >= 11 is 0. The third kappa shape index (κ3) is 4.71. The lowest BCUT2D eigenvalue weighted by atomic mass is 10.1. The number of hydrogen-bond donors (Lipinski definition) is 1. The van der Waals surface area contributed by atoms with E-state index < -0.39 is 0 Å². The van der Waals surface area contributed by atoms with Crippen molar-refractivity contribution in [1.29, 1.82) is 0 Å². The van der Waals surface area contributed by atoms with Gasteiger partial charge in [-0.15, -0.1) is 0 Å². The fourth-order valence-corrected chi connectivity index (χ4v) is 2.34. The summed E-state index contributed by atoms with van der Waals surface area (Å²) in [5, 5.41) is 2.99. The molecule has 0 radical (unpaired) electrons. The van der Waals surface area contributed by atoms with Gasteiger partial charge in [-0.05, 0) is 48.7 Å². The van der Waals surface area contributed by atoms with Crippen LogP contribution in [0.3, 0.4) is 0 Å². The Bertz CT molecular complexity index is 644. The molecule has 1 amide bonds. The van der Waals surface area contributed by atoms with E-state index in [0.717, 1.165) is 11.1 Å². The second-order valence-electron chi connectivity index (χ2n) is 5.26. The summed E-state index contributed by atoms with van der Waals surface area (Å²) in [6, 6.07) is 9.47. The third-order valence-corrected chi connectivity index (χ3v) is 3.67. The zero-order valence-electron chi connectivity index (χ0n) is 13.7. The Hall–Kier alpha value is -2.56. The van der Waals surface area contributed by atoms with E-state index >= 15 is 0 Å². The number of methoxy groups -OCH3 is 2. The summed E-state index contributed by atoms with van der Waals surface area (Å²) in [6.45, 7) is 1.96. The highest BCUT2D eigenvalue weighted by Gasteiger charge is 2.10. The highest BCUT2D eigenvalue weighted by Crippen LogP contribution is 2.28. The van der Waals surface area contributed by atoms with Gasteiger partial charge in [-0.2, -0.15) is 0 Å². The second-order valence-corrected chi connectivity index (χ2v) is 5.26. The summed E-state index contributed by atoms with van der Waals surface area (Å²) in [7, 11) is 3.20. The van der Waals surface area contributed by atoms with E-state index in [-0.39, 0.29) is 11.9 Å². The molecular weight excluding hydrogens is 292 g/mol. The van der Waals surface area contributed by atoms with E-state index in [1.54, 1.807) is 26.6 Å². The molecule has 0 spiro atoms. The number of ether oxygens (including phenoxy) is 2. The zero-order valence-corrected chi connectivity index (χ0v) is 13.7. The van der Waals surface area contributed by atoms with Gasteiger partial charge in [-0.25, -0.2) is 0 Å². The number of nitrogens with one attached hydrogen (secondary N) is 1. The molecule has 0 fully saturated rings. The average molecular weight is 314 g/mol. The van der Waals surface area contributed by atoms with Gasteiger partial charge in [0.25, 0.3) is 0 Å². The van der Waals surface area contributed by atoms with Crippen molar-refractivity contribution in [3.8, 4) is 11.5 Å². The van der Waals surface area contributed by atoms with Crippen LogP contribution in [0.25, 0.3) is 0 Å². The Balaban J connectivity index is 1.89. The van der Waals surface area contributed by atoms with Crippen molar-refractivity contribution < 1.29 is 14.3 Å². The van der Waals surface area contributed by atoms with Gasteiger partial charge >= 0.3 is 0 Å². The van der Waals surface area contributed by atoms with E-state index in [0.29, 0.717) is 24.3 Å². The van der Waals surface area contributed by atoms with Crippen LogP contribution < -0.4 is 14.8 Å². The Morgan fingerprint density at radius 3 is 2.48 bits per heavy atom. The van der Waals surface area contributed by atoms with Crippen LogP contribution in [-0.4, -0.2) is 25.1 Å². The van der Waals surface area contributed by atoms with Crippen molar-refractivity contribution >= 4 is 5.91 Å². The average Bonchev–Trinajstić information content (AvgIpc) is 2.60. The molecule has 1 heterocycles. The van der Waals surface area contributed by atoms with Gasteiger partial charge < -0.3 is 14.8 Å². The van der Waals surface area contributed by atoms with Gasteiger partial charge in [0.2, 0.25) is 5.91 Å². The minimum atomic E-state index is -0.0316. The van der Waals surface area contributed by atoms with Crippen LogP contribution in [0, 0.1) is 0 Å². The summed E-state index contributed by atoms with van der Waals surface area (Å²) in [4.78, 5) is 16.1. The predicted octanol–water partition coefficient (Wildman–Crippen LogP) is 2.91. The minimum absolute atomic E-state index is 0.0177. The van der Waals surface area contributed by atoms with Crippen molar-refractivity contribution in [2.24, 2.45) is 0 Å². The summed E-state index contributed by atoms with van der Waals surface area (Å²) in [5.41, 5.74) is 2.08. The highest BCUT2D eigenvalue weighted by molar-refractivity contribution is 5.76. The normalized spacial score (nSPS) is 11.6. The summed E-state index contributed by atoms with van der Waals surface area (Å²) in [6.07, 6.45) is 4.52. The van der Waals surface area contributed by atoms with E-state index in [1.807, 2.05) is 37.3 Å². The minimum Gasteiger partial charge on any atom is -0.493 e. The number of amides is 1. The van der Waals surface area contributed by atoms with Crippen molar-refractivity contribution in [2.75, 3.05) is 14.2 Å². The van der Waals surface area contributed by atoms with Crippen LogP contribution in [0.2, 0.25) is 0 Å². The van der Waals surface area contributed by atoms with Gasteiger partial charge in [0.15, 0.2) is 11.5 Å². The SMILES string of the molecule is COc1ccc(CCC(=O)N[C@H](C)c2ccncc2)cc1OC. The van der Waals surface area contributed by atoms with Crippen molar-refractivity contribution in [3.63, 3.8) is 0 Å². The number of benzene rings is 1. The molecule has 0 aliphatic rings. The molecule has 122 valence electrons. The maximum Gasteiger partial charge on any atom is 0.220 e. The second kappa shape index (κ2) is 8.17. The van der Waals surface area contributed by atoms with Gasteiger partial charge in [0.1, 0.15) is 0 Å². The lowest BCUT2D eigenvalue weighted by molar-refractivity contribution is -0.121. The summed E-state index contributed by atoms with van der Waals surface area (Å²) in [5.74, 6) is 1.38. The molecule has 5 nitrogen and oxygen atoms in total. The molecule has 1 atom stereocenters. The first-order chi connectivity index (χ1) is 11.1. The van der Waals surface area contributed by atoms with Crippen molar-refractivity contribution in [2.45, 2.75) is 25.8 Å². The lowest BCUT2D eigenvalue weighted by Gasteiger charge is -2.14. The number of pyridine rings is 1. The number of rotatable bonds is 7. The molecule has 23 heavy (non-hydrogen) atoms. The van der Waals surface area contributed by atoms with Crippen LogP contribution in [-0.2, 0) is 11.2 Å². The van der Waals surface area contributed by atoms with E-state index in [1.165, 1.54) is 0 Å². The fourth-order valence-electron chi connectivity index (χ4n) is 2.34. The van der Waals surface area contributed by atoms with Gasteiger partial charge in [-0.1, -0.05) is 6.07 Å². The first-order valence-corrected chi connectivity index (χ1v) is 7.54. The summed E-state index contributed by atoms with van der Waals surface area (Å²) < 4.78 is 10.5. The molecule has 2 rings (SSSR count). The predicted molar refractivity (Wildman–Crippen MR) is 88.7 cm³/mol. The fraction of sp³-hybridized carbons (Fsp3) is 0.333.